The van der Waals surface area contributed by atoms with Crippen molar-refractivity contribution >= 4 is 5.91 Å². The SMILES string of the molecule is O=C(CCc1nnc(-c2cccc(OCC3CCC3)c2)[nH]c1=O)NC1CCCC1. The molecule has 2 aliphatic carbocycles. The van der Waals surface area contributed by atoms with E-state index in [0.29, 0.717) is 11.7 Å². The third-order valence-electron chi connectivity index (χ3n) is 5.89. The molecule has 0 aliphatic heterocycles. The maximum Gasteiger partial charge on any atom is 0.273 e. The van der Waals surface area contributed by atoms with Crippen LogP contribution in [0, 0.1) is 5.92 Å². The first-order valence-corrected chi connectivity index (χ1v) is 10.7. The van der Waals surface area contributed by atoms with Gasteiger partial charge in [-0.15, -0.1) is 10.2 Å². The molecule has 2 saturated carbocycles. The highest BCUT2D eigenvalue weighted by molar-refractivity contribution is 5.76. The number of aryl methyl sites for hydroxylation is 1. The van der Waals surface area contributed by atoms with Crippen LogP contribution in [0.15, 0.2) is 29.1 Å². The van der Waals surface area contributed by atoms with Gasteiger partial charge < -0.3 is 15.0 Å². The summed E-state index contributed by atoms with van der Waals surface area (Å²) in [6.07, 6.45) is 8.73. The molecule has 154 valence electrons. The minimum Gasteiger partial charge on any atom is -0.493 e. The van der Waals surface area contributed by atoms with Crippen LogP contribution in [0.5, 0.6) is 5.75 Å². The van der Waals surface area contributed by atoms with Crippen LogP contribution in [0.4, 0.5) is 0 Å². The Balaban J connectivity index is 1.35. The van der Waals surface area contributed by atoms with Gasteiger partial charge in [0.15, 0.2) is 5.82 Å². The lowest BCUT2D eigenvalue weighted by Gasteiger charge is -2.25. The molecule has 0 bridgehead atoms. The van der Waals surface area contributed by atoms with Gasteiger partial charge in [0, 0.05) is 24.4 Å². The summed E-state index contributed by atoms with van der Waals surface area (Å²) in [6.45, 7) is 0.730. The van der Waals surface area contributed by atoms with E-state index >= 15 is 0 Å². The standard InChI is InChI=1S/C22H28N4O3/c27-20(23-17-8-1-2-9-17)12-11-19-22(28)24-21(26-25-19)16-7-4-10-18(13-16)29-14-15-5-3-6-15/h4,7,10,13,15,17H,1-3,5-6,8-9,11-12,14H2,(H,23,27)(H,24,26,28). The molecule has 7 nitrogen and oxygen atoms in total. The van der Waals surface area contributed by atoms with Crippen LogP contribution in [0.25, 0.3) is 11.4 Å². The molecule has 0 spiro atoms. The van der Waals surface area contributed by atoms with Gasteiger partial charge in [0.25, 0.3) is 5.56 Å². The molecule has 0 saturated heterocycles. The van der Waals surface area contributed by atoms with Crippen LogP contribution >= 0.6 is 0 Å². The van der Waals surface area contributed by atoms with Crippen molar-refractivity contribution in [3.63, 3.8) is 0 Å². The lowest BCUT2D eigenvalue weighted by molar-refractivity contribution is -0.121. The number of carbonyl (C=O) groups excluding carboxylic acids is 1. The molecular formula is C22H28N4O3. The first kappa shape index (κ1) is 19.6. The highest BCUT2D eigenvalue weighted by Crippen LogP contribution is 2.28. The van der Waals surface area contributed by atoms with Crippen molar-refractivity contribution in [3.8, 4) is 17.1 Å². The second kappa shape index (κ2) is 9.20. The molecular weight excluding hydrogens is 368 g/mol. The number of H-pyrrole nitrogens is 1. The second-order valence-corrected chi connectivity index (χ2v) is 8.13. The number of aromatic amines is 1. The van der Waals surface area contributed by atoms with Crippen molar-refractivity contribution in [1.82, 2.24) is 20.5 Å². The first-order chi connectivity index (χ1) is 14.2. The number of benzene rings is 1. The Bertz CT molecular complexity index is 901. The Kier molecular flexibility index (Phi) is 6.22. The normalized spacial score (nSPS) is 17.1. The monoisotopic (exact) mass is 396 g/mol. The molecule has 0 atom stereocenters. The molecule has 1 amide bonds. The molecule has 1 aromatic heterocycles. The molecule has 0 radical (unpaired) electrons. The van der Waals surface area contributed by atoms with Crippen LogP contribution < -0.4 is 15.6 Å². The number of nitrogens with zero attached hydrogens (tertiary/aromatic N) is 2. The van der Waals surface area contributed by atoms with Gasteiger partial charge in [-0.05, 0) is 43.7 Å². The van der Waals surface area contributed by atoms with Crippen LogP contribution in [-0.2, 0) is 11.2 Å². The number of nitrogens with one attached hydrogen (secondary N) is 2. The maximum absolute atomic E-state index is 12.4. The van der Waals surface area contributed by atoms with Crippen molar-refractivity contribution in [1.29, 1.82) is 0 Å². The molecule has 0 unspecified atom stereocenters. The summed E-state index contributed by atoms with van der Waals surface area (Å²) in [5.41, 5.74) is 0.739. The number of ether oxygens (including phenoxy) is 1. The zero-order chi connectivity index (χ0) is 20.1. The number of hydrogen-bond acceptors (Lipinski definition) is 5. The molecule has 2 aromatic rings. The predicted octanol–water partition coefficient (Wildman–Crippen LogP) is 3.00. The molecule has 29 heavy (non-hydrogen) atoms. The smallest absolute Gasteiger partial charge is 0.273 e. The van der Waals surface area contributed by atoms with Gasteiger partial charge in [0.05, 0.1) is 6.61 Å². The average molecular weight is 396 g/mol. The Hall–Kier alpha value is -2.70. The Morgan fingerprint density at radius 1 is 1.14 bits per heavy atom. The summed E-state index contributed by atoms with van der Waals surface area (Å²) in [4.78, 5) is 27.2. The fraction of sp³-hybridized carbons (Fsp3) is 0.545. The van der Waals surface area contributed by atoms with Gasteiger partial charge in [-0.25, -0.2) is 0 Å². The van der Waals surface area contributed by atoms with E-state index in [4.69, 9.17) is 4.74 Å². The molecule has 1 aromatic carbocycles. The summed E-state index contributed by atoms with van der Waals surface area (Å²) in [7, 11) is 0. The summed E-state index contributed by atoms with van der Waals surface area (Å²) >= 11 is 0. The summed E-state index contributed by atoms with van der Waals surface area (Å²) in [6, 6.07) is 7.81. The topological polar surface area (TPSA) is 97.0 Å². The average Bonchev–Trinajstić information content (AvgIpc) is 3.19. The number of carbonyl (C=O) groups is 1. The van der Waals surface area contributed by atoms with E-state index in [-0.39, 0.29) is 36.0 Å². The largest absolute Gasteiger partial charge is 0.493 e. The van der Waals surface area contributed by atoms with E-state index in [0.717, 1.165) is 30.8 Å². The highest BCUT2D eigenvalue weighted by Gasteiger charge is 2.19. The molecule has 2 N–H and O–H groups in total. The zero-order valence-electron chi connectivity index (χ0n) is 16.7. The van der Waals surface area contributed by atoms with Crippen LogP contribution in [0.1, 0.15) is 57.1 Å². The van der Waals surface area contributed by atoms with Gasteiger partial charge in [-0.2, -0.15) is 0 Å². The van der Waals surface area contributed by atoms with E-state index in [9.17, 15) is 9.59 Å². The zero-order valence-corrected chi connectivity index (χ0v) is 16.7. The van der Waals surface area contributed by atoms with Gasteiger partial charge >= 0.3 is 0 Å². The van der Waals surface area contributed by atoms with Gasteiger partial charge in [-0.3, -0.25) is 9.59 Å². The minimum atomic E-state index is -0.301. The van der Waals surface area contributed by atoms with Gasteiger partial charge in [0.1, 0.15) is 11.4 Å². The van der Waals surface area contributed by atoms with E-state index in [1.807, 2.05) is 24.3 Å². The third kappa shape index (κ3) is 5.22. The molecule has 4 rings (SSSR count). The van der Waals surface area contributed by atoms with Gasteiger partial charge in [-0.1, -0.05) is 31.4 Å². The molecule has 7 heteroatoms. The highest BCUT2D eigenvalue weighted by atomic mass is 16.5. The minimum absolute atomic E-state index is 0.0292. The predicted molar refractivity (Wildman–Crippen MR) is 110 cm³/mol. The van der Waals surface area contributed by atoms with Crippen molar-refractivity contribution in [2.45, 2.75) is 63.8 Å². The Morgan fingerprint density at radius 3 is 2.69 bits per heavy atom. The van der Waals surface area contributed by atoms with Crippen LogP contribution in [-0.4, -0.2) is 33.7 Å². The van der Waals surface area contributed by atoms with Crippen molar-refractivity contribution < 1.29 is 9.53 Å². The summed E-state index contributed by atoms with van der Waals surface area (Å²) in [5.74, 6) is 1.80. The number of hydrogen-bond donors (Lipinski definition) is 2. The Labute approximate surface area is 170 Å². The van der Waals surface area contributed by atoms with Crippen molar-refractivity contribution in [2.75, 3.05) is 6.61 Å². The number of amides is 1. The lowest BCUT2D eigenvalue weighted by atomic mass is 9.86. The third-order valence-corrected chi connectivity index (χ3v) is 5.89. The lowest BCUT2D eigenvalue weighted by Crippen LogP contribution is -2.33. The summed E-state index contributed by atoms with van der Waals surface area (Å²) in [5, 5.41) is 11.3. The van der Waals surface area contributed by atoms with Crippen molar-refractivity contribution in [3.05, 3.63) is 40.3 Å². The molecule has 1 heterocycles. The number of rotatable bonds is 8. The van der Waals surface area contributed by atoms with Crippen LogP contribution in [0.2, 0.25) is 0 Å². The second-order valence-electron chi connectivity index (χ2n) is 8.13. The Morgan fingerprint density at radius 2 is 1.97 bits per heavy atom. The maximum atomic E-state index is 12.4. The first-order valence-electron chi connectivity index (χ1n) is 10.7. The van der Waals surface area contributed by atoms with E-state index in [1.165, 1.54) is 32.1 Å². The van der Waals surface area contributed by atoms with E-state index in [2.05, 4.69) is 20.5 Å². The van der Waals surface area contributed by atoms with E-state index < -0.39 is 0 Å². The summed E-state index contributed by atoms with van der Waals surface area (Å²) < 4.78 is 5.86. The quantitative estimate of drug-likeness (QED) is 0.715. The van der Waals surface area contributed by atoms with Crippen LogP contribution in [0.3, 0.4) is 0 Å². The van der Waals surface area contributed by atoms with E-state index in [1.54, 1.807) is 0 Å². The van der Waals surface area contributed by atoms with Gasteiger partial charge in [0.2, 0.25) is 5.91 Å². The van der Waals surface area contributed by atoms with Crippen molar-refractivity contribution in [2.24, 2.45) is 5.92 Å². The fourth-order valence-electron chi connectivity index (χ4n) is 3.86. The molecule has 2 fully saturated rings. The number of aromatic nitrogens is 3. The molecule has 2 aliphatic rings. The fourth-order valence-corrected chi connectivity index (χ4v) is 3.86.